The van der Waals surface area contributed by atoms with E-state index in [2.05, 4.69) is 10.4 Å². The lowest BCUT2D eigenvalue weighted by atomic mass is 10.1. The fraction of sp³-hybridized carbons (Fsp3) is 0.286. The van der Waals surface area contributed by atoms with Crippen LogP contribution in [-0.2, 0) is 13.1 Å². The van der Waals surface area contributed by atoms with Crippen molar-refractivity contribution in [3.05, 3.63) is 75.6 Å². The smallest absolute Gasteiger partial charge is 0.349 e. The van der Waals surface area contributed by atoms with Crippen LogP contribution in [0.25, 0.3) is 0 Å². The largest absolute Gasteiger partial charge is 0.485 e. The molecule has 0 radical (unpaired) electrons. The number of nitrogens with one attached hydrogen (secondary N) is 1. The van der Waals surface area contributed by atoms with Crippen molar-refractivity contribution in [1.29, 1.82) is 0 Å². The number of carbonyl (C=O) groups is 1. The number of fused-ring (bicyclic) bond motifs is 1. The van der Waals surface area contributed by atoms with Gasteiger partial charge in [0.15, 0.2) is 23.4 Å². The quantitative estimate of drug-likeness (QED) is 0.714. The van der Waals surface area contributed by atoms with Crippen LogP contribution in [0.3, 0.4) is 0 Å². The highest BCUT2D eigenvalue weighted by Gasteiger charge is 2.27. The lowest BCUT2D eigenvalue weighted by Crippen LogP contribution is -2.30. The van der Waals surface area contributed by atoms with Gasteiger partial charge in [0.25, 0.3) is 5.91 Å². The van der Waals surface area contributed by atoms with Crippen molar-refractivity contribution in [3.63, 3.8) is 0 Å². The van der Waals surface area contributed by atoms with E-state index in [1.165, 1.54) is 0 Å². The molecule has 150 valence electrons. The number of aromatic nitrogens is 2. The van der Waals surface area contributed by atoms with Crippen LogP contribution < -0.4 is 20.4 Å². The molecule has 1 amide bonds. The van der Waals surface area contributed by atoms with Gasteiger partial charge in [0, 0.05) is 24.8 Å². The average Bonchev–Trinajstić information content (AvgIpc) is 3.19. The summed E-state index contributed by atoms with van der Waals surface area (Å²) in [5.74, 6) is 1.06. The molecule has 4 rings (SSSR count). The summed E-state index contributed by atoms with van der Waals surface area (Å²) in [6, 6.07) is 8.93. The molecule has 29 heavy (non-hydrogen) atoms. The highest BCUT2D eigenvalue weighted by atomic mass is 16.6. The molecule has 1 N–H and O–H groups in total. The fourth-order valence-electron chi connectivity index (χ4n) is 3.17. The van der Waals surface area contributed by atoms with E-state index in [4.69, 9.17) is 13.9 Å². The van der Waals surface area contributed by atoms with Gasteiger partial charge in [0.05, 0.1) is 6.20 Å². The summed E-state index contributed by atoms with van der Waals surface area (Å²) in [4.78, 5) is 25.0. The summed E-state index contributed by atoms with van der Waals surface area (Å²) < 4.78 is 18.7. The zero-order valence-corrected chi connectivity index (χ0v) is 16.2. The molecule has 0 bridgehead atoms. The van der Waals surface area contributed by atoms with Crippen molar-refractivity contribution < 1.29 is 18.7 Å². The number of hydrogen-bond acceptors (Lipinski definition) is 6. The third-order valence-corrected chi connectivity index (χ3v) is 4.68. The van der Waals surface area contributed by atoms with Gasteiger partial charge in [-0.25, -0.2) is 4.79 Å². The van der Waals surface area contributed by atoms with E-state index in [-0.39, 0.29) is 18.7 Å². The first-order valence-corrected chi connectivity index (χ1v) is 9.37. The van der Waals surface area contributed by atoms with E-state index in [0.717, 1.165) is 12.1 Å². The summed E-state index contributed by atoms with van der Waals surface area (Å²) >= 11 is 0. The van der Waals surface area contributed by atoms with Gasteiger partial charge in [-0.15, -0.1) is 0 Å². The Labute approximate surface area is 167 Å². The summed E-state index contributed by atoms with van der Waals surface area (Å²) in [6.45, 7) is 4.91. The molecule has 0 saturated carbocycles. The number of aryl methyl sites for hydroxylation is 2. The van der Waals surface area contributed by atoms with Gasteiger partial charge in [-0.3, -0.25) is 9.48 Å². The molecule has 3 heterocycles. The topological polar surface area (TPSA) is 95.6 Å². The predicted octanol–water partition coefficient (Wildman–Crippen LogP) is 2.61. The van der Waals surface area contributed by atoms with Gasteiger partial charge in [0.1, 0.15) is 12.2 Å². The van der Waals surface area contributed by atoms with E-state index in [1.807, 2.05) is 31.3 Å². The second kappa shape index (κ2) is 7.83. The molecule has 8 heteroatoms. The third-order valence-electron chi connectivity index (χ3n) is 4.68. The number of para-hydroxylation sites is 2. The summed E-state index contributed by atoms with van der Waals surface area (Å²) in [5, 5.41) is 6.90. The van der Waals surface area contributed by atoms with Crippen molar-refractivity contribution in [3.8, 4) is 11.5 Å². The van der Waals surface area contributed by atoms with Crippen LogP contribution >= 0.6 is 0 Å². The van der Waals surface area contributed by atoms with Crippen LogP contribution in [0.5, 0.6) is 11.5 Å². The predicted molar refractivity (Wildman–Crippen MR) is 104 cm³/mol. The number of ether oxygens (including phenoxy) is 2. The minimum absolute atomic E-state index is 0.0197. The highest BCUT2D eigenvalue weighted by molar-refractivity contribution is 5.95. The van der Waals surface area contributed by atoms with Crippen LogP contribution in [0.2, 0.25) is 0 Å². The van der Waals surface area contributed by atoms with Gasteiger partial charge in [-0.1, -0.05) is 12.1 Å². The van der Waals surface area contributed by atoms with Gasteiger partial charge < -0.3 is 19.2 Å². The molecular formula is C21H21N3O5. The second-order valence-corrected chi connectivity index (χ2v) is 6.75. The molecular weight excluding hydrogens is 374 g/mol. The lowest BCUT2D eigenvalue weighted by Gasteiger charge is -2.25. The van der Waals surface area contributed by atoms with Crippen LogP contribution in [0.15, 0.2) is 51.9 Å². The van der Waals surface area contributed by atoms with Crippen molar-refractivity contribution in [2.24, 2.45) is 0 Å². The Morgan fingerprint density at radius 2 is 2.10 bits per heavy atom. The maximum atomic E-state index is 12.5. The molecule has 0 saturated heterocycles. The van der Waals surface area contributed by atoms with Crippen molar-refractivity contribution in [2.45, 2.75) is 33.0 Å². The normalized spacial score (nSPS) is 15.2. The first kappa shape index (κ1) is 18.8. The van der Waals surface area contributed by atoms with Gasteiger partial charge >= 0.3 is 5.63 Å². The Hall–Kier alpha value is -3.55. The molecule has 1 atom stereocenters. The van der Waals surface area contributed by atoms with Gasteiger partial charge in [0.2, 0.25) is 0 Å². The maximum absolute atomic E-state index is 12.5. The Morgan fingerprint density at radius 3 is 2.83 bits per heavy atom. The molecule has 0 fully saturated rings. The highest BCUT2D eigenvalue weighted by Crippen LogP contribution is 2.35. The number of benzene rings is 1. The van der Waals surface area contributed by atoms with E-state index < -0.39 is 17.6 Å². The van der Waals surface area contributed by atoms with E-state index in [1.54, 1.807) is 29.9 Å². The molecule has 2 aromatic heterocycles. The number of hydrogen-bond donors (Lipinski definition) is 1. The SMILES string of the molecule is CCn1cc(CNC(=O)c2c(C)cc(C3COc4ccccc4O3)oc2=O)cn1. The van der Waals surface area contributed by atoms with Gasteiger partial charge in [-0.05, 0) is 37.6 Å². The number of nitrogens with zero attached hydrogens (tertiary/aromatic N) is 2. The molecule has 3 aromatic rings. The van der Waals surface area contributed by atoms with Crippen LogP contribution in [-0.4, -0.2) is 22.3 Å². The van der Waals surface area contributed by atoms with Crippen molar-refractivity contribution >= 4 is 5.91 Å². The van der Waals surface area contributed by atoms with Crippen LogP contribution in [0.4, 0.5) is 0 Å². The van der Waals surface area contributed by atoms with Crippen molar-refractivity contribution in [2.75, 3.05) is 6.61 Å². The minimum Gasteiger partial charge on any atom is -0.485 e. The monoisotopic (exact) mass is 395 g/mol. The standard InChI is InChI=1S/C21H21N3O5/c1-3-24-11-14(10-23-24)9-22-20(25)19-13(2)8-17(29-21(19)26)18-12-27-15-6-4-5-7-16(15)28-18/h4-8,10-11,18H,3,9,12H2,1-2H3,(H,22,25). The number of carbonyl (C=O) groups excluding carboxylic acids is 1. The molecule has 1 aliphatic rings. The minimum atomic E-state index is -0.704. The molecule has 1 aromatic carbocycles. The molecule has 0 aliphatic carbocycles. The average molecular weight is 395 g/mol. The van der Waals surface area contributed by atoms with Gasteiger partial charge in [-0.2, -0.15) is 5.10 Å². The zero-order valence-electron chi connectivity index (χ0n) is 16.2. The Balaban J connectivity index is 1.50. The van der Waals surface area contributed by atoms with Crippen LogP contribution in [0, 0.1) is 6.92 Å². The molecule has 0 spiro atoms. The lowest BCUT2D eigenvalue weighted by molar-refractivity contribution is 0.0721. The molecule has 1 unspecified atom stereocenters. The summed E-state index contributed by atoms with van der Waals surface area (Å²) in [5.41, 5.74) is 0.642. The fourth-order valence-corrected chi connectivity index (χ4v) is 3.17. The molecule has 1 aliphatic heterocycles. The third kappa shape index (κ3) is 3.87. The Bertz CT molecular complexity index is 1100. The zero-order chi connectivity index (χ0) is 20.4. The van der Waals surface area contributed by atoms with Crippen molar-refractivity contribution in [1.82, 2.24) is 15.1 Å². The van der Waals surface area contributed by atoms with E-state index >= 15 is 0 Å². The van der Waals surface area contributed by atoms with E-state index in [9.17, 15) is 9.59 Å². The Kier molecular flexibility index (Phi) is 5.07. The van der Waals surface area contributed by atoms with Crippen LogP contribution in [0.1, 0.15) is 40.3 Å². The maximum Gasteiger partial charge on any atom is 0.349 e. The first-order chi connectivity index (χ1) is 14.0. The molecule has 8 nitrogen and oxygen atoms in total. The number of rotatable bonds is 5. The van der Waals surface area contributed by atoms with E-state index in [0.29, 0.717) is 22.8 Å². The Morgan fingerprint density at radius 1 is 1.31 bits per heavy atom. The second-order valence-electron chi connectivity index (χ2n) is 6.75. The number of amides is 1. The summed E-state index contributed by atoms with van der Waals surface area (Å²) in [7, 11) is 0. The first-order valence-electron chi connectivity index (χ1n) is 9.37. The summed E-state index contributed by atoms with van der Waals surface area (Å²) in [6.07, 6.45) is 2.96.